The van der Waals surface area contributed by atoms with Gasteiger partial charge in [-0.05, 0) is 42.5 Å². The predicted molar refractivity (Wildman–Crippen MR) is 110 cm³/mol. The second kappa shape index (κ2) is 7.80. The number of benzene rings is 2. The summed E-state index contributed by atoms with van der Waals surface area (Å²) in [4.78, 5) is 14.1. The number of rotatable bonds is 5. The van der Waals surface area contributed by atoms with Crippen molar-refractivity contribution in [3.05, 3.63) is 64.4 Å². The summed E-state index contributed by atoms with van der Waals surface area (Å²) < 4.78 is 5.92. The van der Waals surface area contributed by atoms with E-state index in [4.69, 9.17) is 4.74 Å². The van der Waals surface area contributed by atoms with Gasteiger partial charge in [-0.15, -0.1) is 0 Å². The van der Waals surface area contributed by atoms with E-state index in [1.165, 1.54) is 16.5 Å². The second-order valence-corrected chi connectivity index (χ2v) is 8.36. The van der Waals surface area contributed by atoms with Gasteiger partial charge < -0.3 is 14.7 Å². The number of nitrogens with one attached hydrogen (secondary N) is 1. The summed E-state index contributed by atoms with van der Waals surface area (Å²) in [7, 11) is 0. The van der Waals surface area contributed by atoms with E-state index in [1.54, 1.807) is 12.1 Å². The van der Waals surface area contributed by atoms with E-state index in [1.807, 2.05) is 12.1 Å². The Labute approximate surface area is 167 Å². The average Bonchev–Trinajstić information content (AvgIpc) is 2.97. The van der Waals surface area contributed by atoms with Gasteiger partial charge in [0, 0.05) is 5.56 Å². The maximum absolute atomic E-state index is 12.8. The molecule has 0 bridgehead atoms. The maximum Gasteiger partial charge on any atom is 0.231 e. The fourth-order valence-electron chi connectivity index (χ4n) is 3.44. The van der Waals surface area contributed by atoms with Crippen molar-refractivity contribution in [2.75, 3.05) is 13.1 Å². The zero-order valence-corrected chi connectivity index (χ0v) is 17.4. The van der Waals surface area contributed by atoms with Crippen LogP contribution >= 0.6 is 0 Å². The minimum absolute atomic E-state index is 0.0678. The van der Waals surface area contributed by atoms with Gasteiger partial charge in [0.2, 0.25) is 5.78 Å². The lowest BCUT2D eigenvalue weighted by atomic mass is 9.86. The monoisotopic (exact) mass is 379 g/mol. The molecule has 0 radical (unpaired) electrons. The predicted octanol–water partition coefficient (Wildman–Crippen LogP) is 3.10. The van der Waals surface area contributed by atoms with Crippen molar-refractivity contribution in [1.82, 2.24) is 0 Å². The fourth-order valence-corrected chi connectivity index (χ4v) is 3.44. The first-order valence-corrected chi connectivity index (χ1v) is 9.95. The molecule has 0 spiro atoms. The van der Waals surface area contributed by atoms with Gasteiger partial charge in [0.15, 0.2) is 5.76 Å². The Balaban J connectivity index is 1.92. The zero-order valence-electron chi connectivity index (χ0n) is 17.4. The van der Waals surface area contributed by atoms with E-state index in [-0.39, 0.29) is 22.7 Å². The summed E-state index contributed by atoms with van der Waals surface area (Å²) in [6.07, 6.45) is 1.76. The number of carbonyl (C=O) groups excluding carboxylic acids is 1. The molecule has 0 atom stereocenters. The molecular formula is C24H29NO3. The highest BCUT2D eigenvalue weighted by molar-refractivity contribution is 6.14. The van der Waals surface area contributed by atoms with E-state index < -0.39 is 0 Å². The zero-order chi connectivity index (χ0) is 20.5. The van der Waals surface area contributed by atoms with Gasteiger partial charge in [-0.2, -0.15) is 0 Å². The molecule has 0 saturated carbocycles. The summed E-state index contributed by atoms with van der Waals surface area (Å²) in [5, 5.41) is 12.4. The van der Waals surface area contributed by atoms with Crippen molar-refractivity contribution in [2.45, 2.75) is 46.6 Å². The number of fused-ring (bicyclic) bond motifs is 1. The lowest BCUT2D eigenvalue weighted by Gasteiger charge is -2.21. The van der Waals surface area contributed by atoms with Crippen LogP contribution in [0.15, 0.2) is 42.2 Å². The molecule has 148 valence electrons. The molecule has 28 heavy (non-hydrogen) atoms. The molecule has 1 aliphatic rings. The Morgan fingerprint density at radius 2 is 1.68 bits per heavy atom. The first-order valence-electron chi connectivity index (χ1n) is 9.95. The van der Waals surface area contributed by atoms with Gasteiger partial charge >= 0.3 is 0 Å². The van der Waals surface area contributed by atoms with E-state index in [0.29, 0.717) is 23.4 Å². The van der Waals surface area contributed by atoms with Crippen LogP contribution in [0.25, 0.3) is 6.08 Å². The van der Waals surface area contributed by atoms with E-state index in [2.05, 4.69) is 46.8 Å². The number of hydrogen-bond donors (Lipinski definition) is 1. The Hall–Kier alpha value is -2.59. The molecule has 2 aromatic rings. The van der Waals surface area contributed by atoms with Gasteiger partial charge in [-0.3, -0.25) is 4.79 Å². The van der Waals surface area contributed by atoms with Gasteiger partial charge in [0.1, 0.15) is 12.3 Å². The van der Waals surface area contributed by atoms with Gasteiger partial charge in [0.05, 0.1) is 18.7 Å². The maximum atomic E-state index is 12.8. The van der Waals surface area contributed by atoms with E-state index in [0.717, 1.165) is 18.7 Å². The first kappa shape index (κ1) is 20.2. The third kappa shape index (κ3) is 3.97. The van der Waals surface area contributed by atoms with Gasteiger partial charge in [-0.1, -0.05) is 56.9 Å². The molecule has 4 heteroatoms. The third-order valence-electron chi connectivity index (χ3n) is 5.40. The molecule has 1 heterocycles. The quantitative estimate of drug-likeness (QED) is 0.812. The first-order chi connectivity index (χ1) is 13.2. The van der Waals surface area contributed by atoms with Crippen molar-refractivity contribution < 1.29 is 19.5 Å². The van der Waals surface area contributed by atoms with Gasteiger partial charge in [0.25, 0.3) is 0 Å². The van der Waals surface area contributed by atoms with Crippen molar-refractivity contribution in [2.24, 2.45) is 0 Å². The van der Waals surface area contributed by atoms with Crippen LogP contribution in [-0.4, -0.2) is 18.9 Å². The Kier molecular flexibility index (Phi) is 5.61. The van der Waals surface area contributed by atoms with Crippen LogP contribution in [0.2, 0.25) is 0 Å². The molecule has 0 aliphatic carbocycles. The highest BCUT2D eigenvalue weighted by Crippen LogP contribution is 2.38. The molecule has 0 fully saturated rings. The van der Waals surface area contributed by atoms with Crippen LogP contribution in [0, 0.1) is 0 Å². The Morgan fingerprint density at radius 1 is 1.04 bits per heavy atom. The normalized spacial score (nSPS) is 15.2. The molecule has 3 rings (SSSR count). The number of quaternary nitrogens is 1. The van der Waals surface area contributed by atoms with Crippen molar-refractivity contribution in [1.29, 1.82) is 0 Å². The topological polar surface area (TPSA) is 53.8 Å². The number of ether oxygens (including phenoxy) is 1. The van der Waals surface area contributed by atoms with Crippen molar-refractivity contribution in [3.8, 4) is 11.5 Å². The number of hydrogen-bond acceptors (Lipinski definition) is 3. The lowest BCUT2D eigenvalue weighted by Crippen LogP contribution is -3.10. The van der Waals surface area contributed by atoms with Crippen LogP contribution in [-0.2, 0) is 12.0 Å². The summed E-state index contributed by atoms with van der Waals surface area (Å²) in [6.45, 7) is 13.1. The number of Topliss-reactive ketones (excluding diaryl/α,β-unsaturated/α-hetero) is 1. The Bertz CT molecular complexity index is 901. The molecule has 0 aromatic heterocycles. The van der Waals surface area contributed by atoms with Crippen LogP contribution in [0.1, 0.15) is 61.7 Å². The van der Waals surface area contributed by atoms with Crippen molar-refractivity contribution in [3.63, 3.8) is 0 Å². The van der Waals surface area contributed by atoms with E-state index in [9.17, 15) is 9.90 Å². The SMILES string of the molecule is CC[NH+](CC)Cc1c([O-])ccc2c1O/C(=C\c1ccc(C(C)(C)C)cc1)C2=O. The molecule has 2 aromatic carbocycles. The smallest absolute Gasteiger partial charge is 0.231 e. The third-order valence-corrected chi connectivity index (χ3v) is 5.40. The lowest BCUT2D eigenvalue weighted by molar-refractivity contribution is -0.910. The summed E-state index contributed by atoms with van der Waals surface area (Å²) in [6, 6.07) is 11.2. The number of allylic oxidation sites excluding steroid dienone is 1. The molecule has 0 saturated heterocycles. The van der Waals surface area contributed by atoms with Crippen LogP contribution in [0.3, 0.4) is 0 Å². The van der Waals surface area contributed by atoms with Crippen LogP contribution in [0.4, 0.5) is 0 Å². The molecule has 0 amide bonds. The molecule has 1 aliphatic heterocycles. The Morgan fingerprint density at radius 3 is 2.25 bits per heavy atom. The minimum Gasteiger partial charge on any atom is -0.872 e. The molecular weight excluding hydrogens is 350 g/mol. The summed E-state index contributed by atoms with van der Waals surface area (Å²) in [5.74, 6) is 0.488. The standard InChI is InChI=1S/C24H29NO3/c1-6-25(7-2)15-19-20(26)13-12-18-22(27)21(28-23(18)19)14-16-8-10-17(11-9-16)24(3,4)5/h8-14,26H,6-7,15H2,1-5H3/b21-14-. The highest BCUT2D eigenvalue weighted by atomic mass is 16.5. The van der Waals surface area contributed by atoms with Crippen LogP contribution < -0.4 is 14.7 Å². The van der Waals surface area contributed by atoms with Gasteiger partial charge in [-0.25, -0.2) is 0 Å². The molecule has 0 unspecified atom stereocenters. The summed E-state index contributed by atoms with van der Waals surface area (Å²) >= 11 is 0. The average molecular weight is 380 g/mol. The minimum atomic E-state index is -0.161. The largest absolute Gasteiger partial charge is 0.872 e. The van der Waals surface area contributed by atoms with Crippen LogP contribution in [0.5, 0.6) is 11.5 Å². The highest BCUT2D eigenvalue weighted by Gasteiger charge is 2.30. The number of ketones is 1. The number of carbonyl (C=O) groups is 1. The molecule has 1 N–H and O–H groups in total. The van der Waals surface area contributed by atoms with E-state index >= 15 is 0 Å². The molecule has 4 nitrogen and oxygen atoms in total. The van der Waals surface area contributed by atoms with Crippen molar-refractivity contribution >= 4 is 11.9 Å². The summed E-state index contributed by atoms with van der Waals surface area (Å²) in [5.41, 5.74) is 3.29. The second-order valence-electron chi connectivity index (χ2n) is 8.36. The fraction of sp³-hybridized carbons (Fsp3) is 0.375.